The molecule has 8 nitrogen and oxygen atoms in total. The summed E-state index contributed by atoms with van der Waals surface area (Å²) in [5.74, 6) is -0.523. The zero-order valence-corrected chi connectivity index (χ0v) is 20.6. The highest BCUT2D eigenvalue weighted by Crippen LogP contribution is 2.28. The monoisotopic (exact) mass is 493 g/mol. The van der Waals surface area contributed by atoms with Crippen LogP contribution < -0.4 is 15.0 Å². The van der Waals surface area contributed by atoms with Crippen LogP contribution in [0.1, 0.15) is 47.7 Å². The van der Waals surface area contributed by atoms with E-state index in [0.717, 1.165) is 63.3 Å². The largest absolute Gasteiger partial charge is 0.490 e. The summed E-state index contributed by atoms with van der Waals surface area (Å²) in [6.07, 6.45) is 3.71. The molecule has 2 aromatic carbocycles. The van der Waals surface area contributed by atoms with Gasteiger partial charge in [-0.15, -0.1) is 0 Å². The summed E-state index contributed by atoms with van der Waals surface area (Å²) in [5.41, 5.74) is 2.03. The molecule has 2 atom stereocenters. The topological polar surface area (TPSA) is 91.3 Å². The molecule has 0 aromatic heterocycles. The molecule has 8 heteroatoms. The van der Waals surface area contributed by atoms with Gasteiger partial charge in [-0.2, -0.15) is 0 Å². The fraction of sp³-hybridized carbons (Fsp3) is 0.500. The van der Waals surface area contributed by atoms with Gasteiger partial charge >= 0.3 is 0 Å². The predicted octanol–water partition coefficient (Wildman–Crippen LogP) is 2.56. The van der Waals surface area contributed by atoms with Gasteiger partial charge in [-0.1, -0.05) is 12.1 Å². The number of ketones is 1. The van der Waals surface area contributed by atoms with Crippen molar-refractivity contribution in [2.75, 3.05) is 50.8 Å². The van der Waals surface area contributed by atoms with E-state index in [1.54, 1.807) is 12.1 Å². The molecule has 3 aliphatic rings. The van der Waals surface area contributed by atoms with E-state index in [1.165, 1.54) is 0 Å². The standard InChI is InChI=1S/C28H35N3O5/c32-26(20-5-9-23(10-6-20)36-24-11-12-24)25(19-30-13-1-2-14-30)29-28(34)27(33)21-3-7-22(8-4-21)31-15-17-35-18-16-31/h3-10,24-26,32H,1-2,11-19H2,(H,29,34). The maximum atomic E-state index is 13.0. The van der Waals surface area contributed by atoms with Crippen molar-refractivity contribution in [1.29, 1.82) is 0 Å². The van der Waals surface area contributed by atoms with Crippen molar-refractivity contribution in [3.8, 4) is 5.75 Å². The number of aliphatic hydroxyl groups is 1. The number of likely N-dealkylation sites (tertiary alicyclic amines) is 1. The molecule has 3 fully saturated rings. The molecular weight excluding hydrogens is 458 g/mol. The number of nitrogens with zero attached hydrogens (tertiary/aromatic N) is 2. The molecule has 192 valence electrons. The quantitative estimate of drug-likeness (QED) is 0.388. The molecule has 5 rings (SSSR count). The Morgan fingerprint density at radius 3 is 2.28 bits per heavy atom. The van der Waals surface area contributed by atoms with Gasteiger partial charge in [0.05, 0.1) is 25.4 Å². The molecule has 2 unspecified atom stereocenters. The maximum absolute atomic E-state index is 13.0. The van der Waals surface area contributed by atoms with Crippen LogP contribution in [0.25, 0.3) is 0 Å². The number of Topliss-reactive ketones (excluding diaryl/α,β-unsaturated/α-hetero) is 1. The fourth-order valence-corrected chi connectivity index (χ4v) is 4.83. The minimum Gasteiger partial charge on any atom is -0.490 e. The molecule has 0 bridgehead atoms. The van der Waals surface area contributed by atoms with Crippen molar-refractivity contribution >= 4 is 17.4 Å². The number of ether oxygens (including phenoxy) is 2. The molecule has 1 aliphatic carbocycles. The van der Waals surface area contributed by atoms with E-state index >= 15 is 0 Å². The van der Waals surface area contributed by atoms with E-state index in [-0.39, 0.29) is 0 Å². The van der Waals surface area contributed by atoms with E-state index in [9.17, 15) is 14.7 Å². The number of hydrogen-bond acceptors (Lipinski definition) is 7. The summed E-state index contributed by atoms with van der Waals surface area (Å²) >= 11 is 0. The lowest BCUT2D eigenvalue weighted by Gasteiger charge is -2.29. The number of aliphatic hydroxyl groups excluding tert-OH is 1. The van der Waals surface area contributed by atoms with Crippen molar-refractivity contribution in [2.45, 2.75) is 43.9 Å². The third-order valence-electron chi connectivity index (χ3n) is 7.11. The lowest BCUT2D eigenvalue weighted by Crippen LogP contribution is -2.48. The average Bonchev–Trinajstić information content (AvgIpc) is 3.59. The maximum Gasteiger partial charge on any atom is 0.292 e. The van der Waals surface area contributed by atoms with Gasteiger partial charge in [-0.25, -0.2) is 0 Å². The van der Waals surface area contributed by atoms with Crippen LogP contribution >= 0.6 is 0 Å². The molecule has 2 heterocycles. The average molecular weight is 494 g/mol. The van der Waals surface area contributed by atoms with Gasteiger partial charge in [0.1, 0.15) is 11.9 Å². The highest BCUT2D eigenvalue weighted by molar-refractivity contribution is 6.42. The predicted molar refractivity (Wildman–Crippen MR) is 136 cm³/mol. The summed E-state index contributed by atoms with van der Waals surface area (Å²) < 4.78 is 11.2. The van der Waals surface area contributed by atoms with Gasteiger partial charge in [0.15, 0.2) is 0 Å². The molecule has 1 amide bonds. The molecular formula is C28H35N3O5. The van der Waals surface area contributed by atoms with Crippen LogP contribution in [0.5, 0.6) is 5.75 Å². The number of benzene rings is 2. The highest BCUT2D eigenvalue weighted by Gasteiger charge is 2.29. The molecule has 2 aliphatic heterocycles. The van der Waals surface area contributed by atoms with Crippen LogP contribution in [-0.2, 0) is 9.53 Å². The fourth-order valence-electron chi connectivity index (χ4n) is 4.83. The summed E-state index contributed by atoms with van der Waals surface area (Å²) in [6, 6.07) is 13.9. The number of morpholine rings is 1. The normalized spacial score (nSPS) is 20.1. The van der Waals surface area contributed by atoms with Crippen LogP contribution in [0.15, 0.2) is 48.5 Å². The first-order valence-corrected chi connectivity index (χ1v) is 13.0. The number of anilines is 1. The van der Waals surface area contributed by atoms with E-state index in [1.807, 2.05) is 36.4 Å². The first-order valence-electron chi connectivity index (χ1n) is 13.0. The van der Waals surface area contributed by atoms with Crippen LogP contribution in [0.2, 0.25) is 0 Å². The number of nitrogens with one attached hydrogen (secondary N) is 1. The third kappa shape index (κ3) is 6.24. The van der Waals surface area contributed by atoms with Crippen LogP contribution in [0.4, 0.5) is 5.69 Å². The summed E-state index contributed by atoms with van der Waals surface area (Å²) in [6.45, 7) is 5.29. The Kier molecular flexibility index (Phi) is 7.84. The number of amides is 1. The van der Waals surface area contributed by atoms with Gasteiger partial charge in [-0.05, 0) is 80.7 Å². The first kappa shape index (κ1) is 24.7. The van der Waals surface area contributed by atoms with Gasteiger partial charge in [0, 0.05) is 30.9 Å². The van der Waals surface area contributed by atoms with E-state index in [2.05, 4.69) is 15.1 Å². The Morgan fingerprint density at radius 2 is 1.64 bits per heavy atom. The molecule has 0 radical (unpaired) electrons. The molecule has 0 spiro atoms. The Balaban J connectivity index is 1.25. The first-order chi connectivity index (χ1) is 17.6. The second-order valence-electron chi connectivity index (χ2n) is 9.89. The van der Waals surface area contributed by atoms with E-state index in [0.29, 0.717) is 37.0 Å². The van der Waals surface area contributed by atoms with Gasteiger partial charge in [0.25, 0.3) is 5.91 Å². The van der Waals surface area contributed by atoms with Crippen LogP contribution in [0.3, 0.4) is 0 Å². The zero-order valence-electron chi connectivity index (χ0n) is 20.6. The van der Waals surface area contributed by atoms with Gasteiger partial charge in [0.2, 0.25) is 5.78 Å². The molecule has 1 saturated carbocycles. The van der Waals surface area contributed by atoms with Crippen LogP contribution in [-0.4, -0.2) is 79.8 Å². The molecule has 2 aromatic rings. The number of rotatable bonds is 10. The second kappa shape index (κ2) is 11.4. The smallest absolute Gasteiger partial charge is 0.292 e. The lowest BCUT2D eigenvalue weighted by atomic mass is 10.0. The van der Waals surface area contributed by atoms with Crippen molar-refractivity contribution in [3.63, 3.8) is 0 Å². The Bertz CT molecular complexity index is 1030. The third-order valence-corrected chi connectivity index (χ3v) is 7.11. The molecule has 2 N–H and O–H groups in total. The summed E-state index contributed by atoms with van der Waals surface area (Å²) in [7, 11) is 0. The number of carbonyl (C=O) groups excluding carboxylic acids is 2. The van der Waals surface area contributed by atoms with Crippen molar-refractivity contribution in [1.82, 2.24) is 10.2 Å². The lowest BCUT2D eigenvalue weighted by molar-refractivity contribution is -0.118. The summed E-state index contributed by atoms with van der Waals surface area (Å²) in [4.78, 5) is 30.4. The second-order valence-corrected chi connectivity index (χ2v) is 9.89. The Morgan fingerprint density at radius 1 is 0.972 bits per heavy atom. The minimum absolute atomic E-state index is 0.303. The SMILES string of the molecule is O=C(NC(CN1CCCC1)C(O)c1ccc(OC2CC2)cc1)C(=O)c1ccc(N2CCOCC2)cc1. The minimum atomic E-state index is -0.943. The van der Waals surface area contributed by atoms with E-state index in [4.69, 9.17) is 9.47 Å². The zero-order chi connectivity index (χ0) is 24.9. The molecule has 2 saturated heterocycles. The van der Waals surface area contributed by atoms with Gasteiger partial charge in [-0.3, -0.25) is 9.59 Å². The van der Waals surface area contributed by atoms with Crippen LogP contribution in [0, 0.1) is 0 Å². The van der Waals surface area contributed by atoms with Gasteiger partial charge < -0.3 is 29.7 Å². The molecule has 36 heavy (non-hydrogen) atoms. The number of carbonyl (C=O) groups is 2. The number of hydrogen-bond donors (Lipinski definition) is 2. The Hall–Kier alpha value is -2.94. The summed E-state index contributed by atoms with van der Waals surface area (Å²) in [5, 5.41) is 14.0. The van der Waals surface area contributed by atoms with Crippen molar-refractivity contribution in [2.24, 2.45) is 0 Å². The Labute approximate surface area is 212 Å². The highest BCUT2D eigenvalue weighted by atomic mass is 16.5. The van der Waals surface area contributed by atoms with Crippen molar-refractivity contribution in [3.05, 3.63) is 59.7 Å². The van der Waals surface area contributed by atoms with E-state index < -0.39 is 23.8 Å². The van der Waals surface area contributed by atoms with Crippen molar-refractivity contribution < 1.29 is 24.2 Å².